The Labute approximate surface area is 123 Å². The van der Waals surface area contributed by atoms with Crippen LogP contribution in [0, 0.1) is 5.82 Å². The molecule has 2 N–H and O–H groups in total. The molecule has 0 unspecified atom stereocenters. The summed E-state index contributed by atoms with van der Waals surface area (Å²) in [6.45, 7) is 0. The number of aromatic hydroxyl groups is 1. The van der Waals surface area contributed by atoms with Gasteiger partial charge in [0.25, 0.3) is 0 Å². The summed E-state index contributed by atoms with van der Waals surface area (Å²) < 4.78 is 18.4. The Balaban J connectivity index is 1.56. The Morgan fingerprint density at radius 3 is 2.48 bits per heavy atom. The predicted molar refractivity (Wildman–Crippen MR) is 80.4 cm³/mol. The molecule has 0 bridgehead atoms. The Bertz CT molecular complexity index is 621. The zero-order chi connectivity index (χ0) is 14.8. The van der Waals surface area contributed by atoms with Crippen molar-refractivity contribution in [2.75, 3.05) is 12.4 Å². The number of ether oxygens (including phenoxy) is 1. The number of halogens is 1. The lowest BCUT2D eigenvalue weighted by atomic mass is 9.76. The molecule has 2 aromatic carbocycles. The van der Waals surface area contributed by atoms with Crippen molar-refractivity contribution in [3.63, 3.8) is 0 Å². The number of phenolic OH excluding ortho intramolecular Hbond substituents is 1. The van der Waals surface area contributed by atoms with Crippen LogP contribution in [0.1, 0.15) is 24.3 Å². The lowest BCUT2D eigenvalue weighted by Gasteiger charge is -2.37. The van der Waals surface area contributed by atoms with Crippen LogP contribution in [0.25, 0.3) is 0 Å². The molecule has 3 rings (SSSR count). The van der Waals surface area contributed by atoms with Gasteiger partial charge in [0, 0.05) is 17.8 Å². The highest BCUT2D eigenvalue weighted by molar-refractivity contribution is 5.48. The molecule has 0 spiro atoms. The average Bonchev–Trinajstić information content (AvgIpc) is 2.46. The topological polar surface area (TPSA) is 41.5 Å². The van der Waals surface area contributed by atoms with Crippen molar-refractivity contribution in [1.29, 1.82) is 0 Å². The van der Waals surface area contributed by atoms with Gasteiger partial charge in [-0.1, -0.05) is 12.1 Å². The lowest BCUT2D eigenvalue weighted by Crippen LogP contribution is -2.33. The predicted octanol–water partition coefficient (Wildman–Crippen LogP) is 3.90. The van der Waals surface area contributed by atoms with Gasteiger partial charge in [-0.3, -0.25) is 0 Å². The Kier molecular flexibility index (Phi) is 3.69. The number of benzene rings is 2. The minimum absolute atomic E-state index is 0.315. The van der Waals surface area contributed by atoms with Gasteiger partial charge < -0.3 is 15.2 Å². The van der Waals surface area contributed by atoms with Gasteiger partial charge in [-0.15, -0.1) is 0 Å². The molecule has 1 saturated carbocycles. The molecule has 0 radical (unpaired) electrons. The van der Waals surface area contributed by atoms with Crippen molar-refractivity contribution in [3.05, 3.63) is 53.8 Å². The molecule has 1 aliphatic carbocycles. The van der Waals surface area contributed by atoms with Gasteiger partial charge >= 0.3 is 0 Å². The summed E-state index contributed by atoms with van der Waals surface area (Å²) in [7, 11) is 1.66. The zero-order valence-electron chi connectivity index (χ0n) is 11.8. The van der Waals surface area contributed by atoms with Crippen LogP contribution in [0.4, 0.5) is 10.1 Å². The maximum atomic E-state index is 13.3. The quantitative estimate of drug-likeness (QED) is 0.838. The molecule has 0 saturated heterocycles. The highest BCUT2D eigenvalue weighted by Crippen LogP contribution is 2.39. The van der Waals surface area contributed by atoms with E-state index in [1.165, 1.54) is 17.7 Å². The van der Waals surface area contributed by atoms with Gasteiger partial charge in [-0.2, -0.15) is 0 Å². The monoisotopic (exact) mass is 287 g/mol. The van der Waals surface area contributed by atoms with E-state index in [4.69, 9.17) is 9.84 Å². The van der Waals surface area contributed by atoms with Crippen LogP contribution < -0.4 is 10.1 Å². The van der Waals surface area contributed by atoms with E-state index in [-0.39, 0.29) is 5.75 Å². The van der Waals surface area contributed by atoms with E-state index in [2.05, 4.69) is 17.4 Å². The first-order chi connectivity index (χ1) is 10.2. The summed E-state index contributed by atoms with van der Waals surface area (Å²) >= 11 is 0. The molecule has 3 nitrogen and oxygen atoms in total. The largest absolute Gasteiger partial charge is 0.505 e. The Morgan fingerprint density at radius 2 is 1.86 bits per heavy atom. The van der Waals surface area contributed by atoms with E-state index in [9.17, 15) is 4.39 Å². The maximum Gasteiger partial charge on any atom is 0.166 e. The molecule has 0 aromatic heterocycles. The normalized spacial score (nSPS) is 20.7. The average molecular weight is 287 g/mol. The minimum atomic E-state index is -0.592. The van der Waals surface area contributed by atoms with E-state index in [0.29, 0.717) is 17.6 Å². The fraction of sp³-hybridized carbons (Fsp3) is 0.294. The van der Waals surface area contributed by atoms with Gasteiger partial charge in [-0.25, -0.2) is 4.39 Å². The van der Waals surface area contributed by atoms with E-state index < -0.39 is 5.82 Å². The van der Waals surface area contributed by atoms with E-state index >= 15 is 0 Å². The molecule has 110 valence electrons. The molecule has 2 aromatic rings. The second kappa shape index (κ2) is 5.64. The van der Waals surface area contributed by atoms with E-state index in [0.717, 1.165) is 18.6 Å². The van der Waals surface area contributed by atoms with Gasteiger partial charge in [0.05, 0.1) is 7.11 Å². The minimum Gasteiger partial charge on any atom is -0.505 e. The van der Waals surface area contributed by atoms with Gasteiger partial charge in [0.15, 0.2) is 11.6 Å². The van der Waals surface area contributed by atoms with E-state index in [1.54, 1.807) is 13.2 Å². The highest BCUT2D eigenvalue weighted by atomic mass is 19.1. The van der Waals surface area contributed by atoms with Gasteiger partial charge in [0.2, 0.25) is 0 Å². The van der Waals surface area contributed by atoms with Crippen molar-refractivity contribution in [3.8, 4) is 11.5 Å². The second-order valence-corrected chi connectivity index (χ2v) is 5.45. The van der Waals surface area contributed by atoms with Crippen LogP contribution in [0.5, 0.6) is 11.5 Å². The molecule has 4 heteroatoms. The lowest BCUT2D eigenvalue weighted by molar-refractivity contribution is 0.372. The van der Waals surface area contributed by atoms with Crippen molar-refractivity contribution in [2.45, 2.75) is 24.8 Å². The standard InChI is InChI=1S/C17H18FNO2/c1-21-15-5-2-11(3-6-15)12-8-14(9-12)19-13-4-7-17(20)16(18)10-13/h2-7,10,12,14,19-20H,8-9H2,1H3. The molecule has 21 heavy (non-hydrogen) atoms. The zero-order valence-corrected chi connectivity index (χ0v) is 11.8. The third-order valence-corrected chi connectivity index (χ3v) is 4.04. The van der Waals surface area contributed by atoms with Crippen molar-refractivity contribution in [2.24, 2.45) is 0 Å². The summed E-state index contributed by atoms with van der Waals surface area (Å²) in [6, 6.07) is 12.9. The van der Waals surface area contributed by atoms with Gasteiger partial charge in [0.1, 0.15) is 5.75 Å². The number of phenols is 1. The number of nitrogens with one attached hydrogen (secondary N) is 1. The molecular formula is C17H18FNO2. The Hall–Kier alpha value is -2.23. The number of methoxy groups -OCH3 is 1. The first-order valence-corrected chi connectivity index (χ1v) is 7.04. The highest BCUT2D eigenvalue weighted by Gasteiger charge is 2.30. The van der Waals surface area contributed by atoms with Crippen molar-refractivity contribution in [1.82, 2.24) is 0 Å². The van der Waals surface area contributed by atoms with Crippen LogP contribution in [0.15, 0.2) is 42.5 Å². The molecule has 1 aliphatic rings. The van der Waals surface area contributed by atoms with Crippen molar-refractivity contribution >= 4 is 5.69 Å². The third kappa shape index (κ3) is 2.94. The summed E-state index contributed by atoms with van der Waals surface area (Å²) in [5.74, 6) is 0.499. The molecule has 0 amide bonds. The fourth-order valence-corrected chi connectivity index (χ4v) is 2.72. The fourth-order valence-electron chi connectivity index (χ4n) is 2.72. The number of hydrogen-bond acceptors (Lipinski definition) is 3. The first kappa shape index (κ1) is 13.7. The number of anilines is 1. The summed E-state index contributed by atoms with van der Waals surface area (Å²) in [6.07, 6.45) is 2.05. The molecule has 0 aliphatic heterocycles. The van der Waals surface area contributed by atoms with Crippen LogP contribution in [0.2, 0.25) is 0 Å². The van der Waals surface area contributed by atoms with Gasteiger partial charge in [-0.05, 0) is 48.6 Å². The molecular weight excluding hydrogens is 269 g/mol. The second-order valence-electron chi connectivity index (χ2n) is 5.45. The van der Waals surface area contributed by atoms with Crippen molar-refractivity contribution < 1.29 is 14.2 Å². The summed E-state index contributed by atoms with van der Waals surface area (Å²) in [5, 5.41) is 12.5. The van der Waals surface area contributed by atoms with Crippen LogP contribution in [-0.2, 0) is 0 Å². The summed E-state index contributed by atoms with van der Waals surface area (Å²) in [5.41, 5.74) is 2.02. The maximum absolute atomic E-state index is 13.3. The smallest absolute Gasteiger partial charge is 0.166 e. The molecule has 0 atom stereocenters. The van der Waals surface area contributed by atoms with Crippen LogP contribution >= 0.6 is 0 Å². The number of hydrogen-bond donors (Lipinski definition) is 2. The van der Waals surface area contributed by atoms with Crippen LogP contribution in [-0.4, -0.2) is 18.3 Å². The SMILES string of the molecule is COc1ccc(C2CC(Nc3ccc(O)c(F)c3)C2)cc1. The number of rotatable bonds is 4. The third-order valence-electron chi connectivity index (χ3n) is 4.04. The van der Waals surface area contributed by atoms with E-state index in [1.807, 2.05) is 12.1 Å². The first-order valence-electron chi connectivity index (χ1n) is 7.04. The molecule has 1 fully saturated rings. The Morgan fingerprint density at radius 1 is 1.14 bits per heavy atom. The van der Waals surface area contributed by atoms with Crippen LogP contribution in [0.3, 0.4) is 0 Å². The molecule has 0 heterocycles. The summed E-state index contributed by atoms with van der Waals surface area (Å²) in [4.78, 5) is 0.